The molecule has 0 heterocycles. The van der Waals surface area contributed by atoms with Crippen LogP contribution in [0.5, 0.6) is 0 Å². The van der Waals surface area contributed by atoms with Crippen molar-refractivity contribution < 1.29 is 65.2 Å². The number of carboxylic acid groups (broad SMARTS) is 2. The maximum absolute atomic E-state index is 12.2. The van der Waals surface area contributed by atoms with Crippen LogP contribution >= 0.6 is 0 Å². The van der Waals surface area contributed by atoms with Gasteiger partial charge in [0.2, 0.25) is 0 Å². The van der Waals surface area contributed by atoms with Gasteiger partial charge >= 0.3 is 36.2 Å². The van der Waals surface area contributed by atoms with E-state index in [1.54, 1.807) is 0 Å². The standard InChI is InChI=1S/C14H16F6O8/c15-13(16,17)10(25)27-6-12(9(23)24,5-3-1-2-4-8(21)22)7-28-11(26)14(18,19)20/h1-7H2,(H,21,22)(H,23,24). The lowest BCUT2D eigenvalue weighted by Crippen LogP contribution is -2.44. The molecule has 0 unspecified atom stereocenters. The summed E-state index contributed by atoms with van der Waals surface area (Å²) in [6.07, 6.45) is -11.9. The van der Waals surface area contributed by atoms with Gasteiger partial charge in [-0.3, -0.25) is 9.59 Å². The van der Waals surface area contributed by atoms with Crippen molar-refractivity contribution in [2.75, 3.05) is 13.2 Å². The summed E-state index contributed by atoms with van der Waals surface area (Å²) >= 11 is 0. The Morgan fingerprint density at radius 1 is 0.714 bits per heavy atom. The molecule has 0 fully saturated rings. The molecule has 0 rings (SSSR count). The number of ether oxygens (including phenoxy) is 2. The first-order valence-electron chi connectivity index (χ1n) is 7.55. The molecular formula is C14H16F6O8. The van der Waals surface area contributed by atoms with Crippen LogP contribution in [0.15, 0.2) is 0 Å². The molecule has 0 aliphatic heterocycles. The third kappa shape index (κ3) is 8.90. The highest BCUT2D eigenvalue weighted by molar-refractivity contribution is 5.79. The third-order valence-electron chi connectivity index (χ3n) is 3.42. The van der Waals surface area contributed by atoms with Crippen molar-refractivity contribution in [2.45, 2.75) is 44.5 Å². The van der Waals surface area contributed by atoms with Crippen molar-refractivity contribution in [2.24, 2.45) is 5.41 Å². The molecule has 0 spiro atoms. The number of carboxylic acids is 2. The molecule has 0 atom stereocenters. The van der Waals surface area contributed by atoms with Gasteiger partial charge in [0, 0.05) is 6.42 Å². The predicted octanol–water partition coefficient (Wildman–Crippen LogP) is 2.30. The molecule has 14 heteroatoms. The number of hydrogen-bond acceptors (Lipinski definition) is 6. The fourth-order valence-corrected chi connectivity index (χ4v) is 1.90. The van der Waals surface area contributed by atoms with Crippen LogP contribution in [-0.4, -0.2) is 59.7 Å². The van der Waals surface area contributed by atoms with E-state index in [0.717, 1.165) is 0 Å². The molecule has 162 valence electrons. The van der Waals surface area contributed by atoms with E-state index in [2.05, 4.69) is 9.47 Å². The average molecular weight is 426 g/mol. The largest absolute Gasteiger partial charge is 0.490 e. The lowest BCUT2D eigenvalue weighted by atomic mass is 9.84. The zero-order valence-electron chi connectivity index (χ0n) is 14.1. The van der Waals surface area contributed by atoms with Gasteiger partial charge in [0.25, 0.3) is 0 Å². The van der Waals surface area contributed by atoms with E-state index in [0.29, 0.717) is 0 Å². The van der Waals surface area contributed by atoms with Crippen molar-refractivity contribution in [1.82, 2.24) is 0 Å². The van der Waals surface area contributed by atoms with Crippen LogP contribution in [0.3, 0.4) is 0 Å². The Bertz CT molecular complexity index is 553. The van der Waals surface area contributed by atoms with Crippen LogP contribution in [0, 0.1) is 5.41 Å². The van der Waals surface area contributed by atoms with E-state index in [1.807, 2.05) is 0 Å². The molecule has 0 aromatic carbocycles. The molecule has 2 N–H and O–H groups in total. The summed E-state index contributed by atoms with van der Waals surface area (Å²) in [6.45, 7) is -3.02. The fourth-order valence-electron chi connectivity index (χ4n) is 1.90. The average Bonchev–Trinajstić information content (AvgIpc) is 2.53. The number of esters is 2. The number of carbonyl (C=O) groups excluding carboxylic acids is 2. The Kier molecular flexibility index (Phi) is 9.21. The number of rotatable bonds is 11. The van der Waals surface area contributed by atoms with Gasteiger partial charge in [-0.1, -0.05) is 12.8 Å². The Morgan fingerprint density at radius 3 is 1.46 bits per heavy atom. The first-order chi connectivity index (χ1) is 12.6. The minimum absolute atomic E-state index is 0.0513. The molecule has 8 nitrogen and oxygen atoms in total. The number of carbonyl (C=O) groups is 4. The number of halogens is 6. The summed E-state index contributed by atoms with van der Waals surface area (Å²) in [5.74, 6) is -8.67. The molecule has 0 bridgehead atoms. The molecule has 28 heavy (non-hydrogen) atoms. The van der Waals surface area contributed by atoms with Crippen molar-refractivity contribution >= 4 is 23.9 Å². The zero-order chi connectivity index (χ0) is 22.2. The van der Waals surface area contributed by atoms with Gasteiger partial charge in [-0.15, -0.1) is 0 Å². The quantitative estimate of drug-likeness (QED) is 0.293. The van der Waals surface area contributed by atoms with E-state index in [4.69, 9.17) is 5.11 Å². The van der Waals surface area contributed by atoms with Crippen LogP contribution < -0.4 is 0 Å². The third-order valence-corrected chi connectivity index (χ3v) is 3.42. The summed E-state index contributed by atoms with van der Waals surface area (Å²) in [7, 11) is 0. The highest BCUT2D eigenvalue weighted by Crippen LogP contribution is 2.30. The topological polar surface area (TPSA) is 127 Å². The van der Waals surface area contributed by atoms with Gasteiger partial charge in [-0.25, -0.2) is 9.59 Å². The van der Waals surface area contributed by atoms with Crippen molar-refractivity contribution in [3.05, 3.63) is 0 Å². The molecule has 0 saturated heterocycles. The summed E-state index contributed by atoms with van der Waals surface area (Å²) < 4.78 is 80.9. The van der Waals surface area contributed by atoms with E-state index in [9.17, 15) is 50.6 Å². The van der Waals surface area contributed by atoms with Crippen molar-refractivity contribution in [3.8, 4) is 0 Å². The van der Waals surface area contributed by atoms with E-state index in [1.165, 1.54) is 0 Å². The molecular weight excluding hydrogens is 410 g/mol. The molecule has 0 aromatic rings. The van der Waals surface area contributed by atoms with Gasteiger partial charge < -0.3 is 19.7 Å². The van der Waals surface area contributed by atoms with Crippen LogP contribution in [0.25, 0.3) is 0 Å². The predicted molar refractivity (Wildman–Crippen MR) is 74.8 cm³/mol. The molecule has 0 saturated carbocycles. The van der Waals surface area contributed by atoms with E-state index in [-0.39, 0.29) is 25.7 Å². The summed E-state index contributed by atoms with van der Waals surface area (Å²) in [4.78, 5) is 43.4. The second-order valence-corrected chi connectivity index (χ2v) is 5.69. The Labute approximate surface area is 153 Å². The van der Waals surface area contributed by atoms with Crippen LogP contribution in [0.4, 0.5) is 26.3 Å². The summed E-state index contributed by atoms with van der Waals surface area (Å²) in [5.41, 5.74) is -2.58. The number of hydrogen-bond donors (Lipinski definition) is 2. The van der Waals surface area contributed by atoms with Gasteiger partial charge in [0.1, 0.15) is 18.6 Å². The second kappa shape index (κ2) is 10.1. The molecule has 0 radical (unpaired) electrons. The smallest absolute Gasteiger partial charge is 0.481 e. The maximum Gasteiger partial charge on any atom is 0.490 e. The lowest BCUT2D eigenvalue weighted by Gasteiger charge is -2.28. The fraction of sp³-hybridized carbons (Fsp3) is 0.714. The van der Waals surface area contributed by atoms with Gasteiger partial charge in [-0.2, -0.15) is 26.3 Å². The van der Waals surface area contributed by atoms with Crippen LogP contribution in [0.1, 0.15) is 32.1 Å². The van der Waals surface area contributed by atoms with Gasteiger partial charge in [0.15, 0.2) is 0 Å². The monoisotopic (exact) mass is 426 g/mol. The van der Waals surface area contributed by atoms with E-state index >= 15 is 0 Å². The highest BCUT2D eigenvalue weighted by atomic mass is 19.4. The lowest BCUT2D eigenvalue weighted by molar-refractivity contribution is -0.211. The Hall–Kier alpha value is -2.54. The van der Waals surface area contributed by atoms with Gasteiger partial charge in [-0.05, 0) is 12.8 Å². The maximum atomic E-state index is 12.2. The molecule has 0 aliphatic carbocycles. The minimum atomic E-state index is -5.48. The summed E-state index contributed by atoms with van der Waals surface area (Å²) in [5, 5.41) is 17.7. The van der Waals surface area contributed by atoms with Crippen molar-refractivity contribution in [1.29, 1.82) is 0 Å². The first-order valence-corrected chi connectivity index (χ1v) is 7.55. The number of unbranched alkanes of at least 4 members (excludes halogenated alkanes) is 2. The summed E-state index contributed by atoms with van der Waals surface area (Å²) in [6, 6.07) is 0. The molecule has 0 aromatic heterocycles. The molecule has 0 amide bonds. The highest BCUT2D eigenvalue weighted by Gasteiger charge is 2.48. The Morgan fingerprint density at radius 2 is 1.14 bits per heavy atom. The Balaban J connectivity index is 5.25. The number of aliphatic carboxylic acids is 2. The SMILES string of the molecule is O=C(O)CCCCCC(COC(=O)C(F)(F)F)(COC(=O)C(F)(F)F)C(=O)O. The van der Waals surface area contributed by atoms with Crippen LogP contribution in [0.2, 0.25) is 0 Å². The first kappa shape index (κ1) is 25.5. The normalized spacial score (nSPS) is 12.4. The van der Waals surface area contributed by atoms with Crippen molar-refractivity contribution in [3.63, 3.8) is 0 Å². The molecule has 0 aliphatic rings. The van der Waals surface area contributed by atoms with Gasteiger partial charge in [0.05, 0.1) is 0 Å². The van der Waals surface area contributed by atoms with Crippen LogP contribution in [-0.2, 0) is 28.7 Å². The minimum Gasteiger partial charge on any atom is -0.481 e. The zero-order valence-corrected chi connectivity index (χ0v) is 14.1. The number of alkyl halides is 6. The van der Waals surface area contributed by atoms with E-state index < -0.39 is 61.3 Å². The second-order valence-electron chi connectivity index (χ2n) is 5.69.